The second-order valence-electron chi connectivity index (χ2n) is 4.63. The van der Waals surface area contributed by atoms with Gasteiger partial charge in [0.2, 0.25) is 0 Å². The standard InChI is InChI=1S/C14H20FNO2/c1-10(16-11-6-8-18-9-7-11)14-12(15)4-3-5-13(14)17-2/h3-5,10-11,16H,6-9H2,1-2H3. The number of hydrogen-bond acceptors (Lipinski definition) is 3. The lowest BCUT2D eigenvalue weighted by Crippen LogP contribution is -2.36. The fourth-order valence-electron chi connectivity index (χ4n) is 2.42. The molecule has 1 fully saturated rings. The second kappa shape index (κ2) is 6.16. The van der Waals surface area contributed by atoms with E-state index in [0.717, 1.165) is 26.1 Å². The molecule has 1 aromatic rings. The second-order valence-corrected chi connectivity index (χ2v) is 4.63. The molecule has 0 radical (unpaired) electrons. The molecule has 0 saturated carbocycles. The molecule has 1 unspecified atom stereocenters. The highest BCUT2D eigenvalue weighted by Crippen LogP contribution is 2.28. The number of nitrogens with one attached hydrogen (secondary N) is 1. The molecule has 2 rings (SSSR count). The largest absolute Gasteiger partial charge is 0.496 e. The summed E-state index contributed by atoms with van der Waals surface area (Å²) in [5.74, 6) is 0.378. The zero-order valence-corrected chi connectivity index (χ0v) is 10.9. The maximum Gasteiger partial charge on any atom is 0.131 e. The summed E-state index contributed by atoms with van der Waals surface area (Å²) in [5.41, 5.74) is 0.603. The zero-order chi connectivity index (χ0) is 13.0. The van der Waals surface area contributed by atoms with Crippen LogP contribution in [0.15, 0.2) is 18.2 Å². The van der Waals surface area contributed by atoms with E-state index in [9.17, 15) is 4.39 Å². The lowest BCUT2D eigenvalue weighted by Gasteiger charge is -2.27. The summed E-state index contributed by atoms with van der Waals surface area (Å²) in [6, 6.07) is 5.25. The fraction of sp³-hybridized carbons (Fsp3) is 0.571. The van der Waals surface area contributed by atoms with E-state index in [1.807, 2.05) is 6.92 Å². The Morgan fingerprint density at radius 2 is 2.11 bits per heavy atom. The first-order chi connectivity index (χ1) is 8.72. The minimum absolute atomic E-state index is 0.0655. The molecule has 1 saturated heterocycles. The molecule has 0 amide bonds. The summed E-state index contributed by atoms with van der Waals surface area (Å²) < 4.78 is 24.4. The van der Waals surface area contributed by atoms with Gasteiger partial charge in [-0.1, -0.05) is 6.07 Å². The Balaban J connectivity index is 2.09. The van der Waals surface area contributed by atoms with Gasteiger partial charge in [0.25, 0.3) is 0 Å². The Kier molecular flexibility index (Phi) is 4.55. The van der Waals surface area contributed by atoms with Crippen molar-refractivity contribution in [3.63, 3.8) is 0 Å². The van der Waals surface area contributed by atoms with Crippen molar-refractivity contribution in [1.29, 1.82) is 0 Å². The van der Waals surface area contributed by atoms with Crippen LogP contribution in [-0.2, 0) is 4.74 Å². The van der Waals surface area contributed by atoms with Gasteiger partial charge in [-0.15, -0.1) is 0 Å². The summed E-state index contributed by atoms with van der Waals surface area (Å²) in [6.07, 6.45) is 1.95. The van der Waals surface area contributed by atoms with E-state index >= 15 is 0 Å². The maximum absolute atomic E-state index is 13.9. The zero-order valence-electron chi connectivity index (χ0n) is 10.9. The third kappa shape index (κ3) is 3.00. The van der Waals surface area contributed by atoms with E-state index < -0.39 is 0 Å². The number of halogens is 1. The molecular weight excluding hydrogens is 233 g/mol. The molecule has 1 atom stereocenters. The normalized spacial score (nSPS) is 18.6. The molecule has 1 aliphatic heterocycles. The summed E-state index contributed by atoms with van der Waals surface area (Å²) in [4.78, 5) is 0. The van der Waals surface area contributed by atoms with Gasteiger partial charge in [0.05, 0.1) is 7.11 Å². The summed E-state index contributed by atoms with van der Waals surface area (Å²) >= 11 is 0. The smallest absolute Gasteiger partial charge is 0.131 e. The topological polar surface area (TPSA) is 30.5 Å². The minimum atomic E-state index is -0.221. The van der Waals surface area contributed by atoms with E-state index in [1.54, 1.807) is 19.2 Å². The van der Waals surface area contributed by atoms with Crippen LogP contribution in [0.2, 0.25) is 0 Å². The van der Waals surface area contributed by atoms with E-state index in [4.69, 9.17) is 9.47 Å². The molecule has 18 heavy (non-hydrogen) atoms. The monoisotopic (exact) mass is 253 g/mol. The van der Waals surface area contributed by atoms with Crippen LogP contribution in [0.5, 0.6) is 5.75 Å². The SMILES string of the molecule is COc1cccc(F)c1C(C)NC1CCOCC1. The molecule has 0 spiro atoms. The number of ether oxygens (including phenoxy) is 2. The first-order valence-corrected chi connectivity index (χ1v) is 6.38. The Morgan fingerprint density at radius 3 is 2.78 bits per heavy atom. The quantitative estimate of drug-likeness (QED) is 0.895. The van der Waals surface area contributed by atoms with Gasteiger partial charge in [0.15, 0.2) is 0 Å². The van der Waals surface area contributed by atoms with Crippen molar-refractivity contribution < 1.29 is 13.9 Å². The van der Waals surface area contributed by atoms with E-state index in [1.165, 1.54) is 6.07 Å². The Morgan fingerprint density at radius 1 is 1.39 bits per heavy atom. The van der Waals surface area contributed by atoms with Crippen LogP contribution < -0.4 is 10.1 Å². The van der Waals surface area contributed by atoms with Crippen molar-refractivity contribution in [3.8, 4) is 5.75 Å². The van der Waals surface area contributed by atoms with Crippen molar-refractivity contribution in [2.75, 3.05) is 20.3 Å². The van der Waals surface area contributed by atoms with Gasteiger partial charge in [0.1, 0.15) is 11.6 Å². The van der Waals surface area contributed by atoms with Crippen LogP contribution in [0.1, 0.15) is 31.4 Å². The summed E-state index contributed by atoms with van der Waals surface area (Å²) in [6.45, 7) is 3.52. The fourth-order valence-corrected chi connectivity index (χ4v) is 2.42. The van der Waals surface area contributed by atoms with E-state index in [2.05, 4.69) is 5.32 Å². The molecular formula is C14H20FNO2. The van der Waals surface area contributed by atoms with Gasteiger partial charge in [-0.2, -0.15) is 0 Å². The Hall–Kier alpha value is -1.13. The molecule has 0 bridgehead atoms. The molecule has 1 N–H and O–H groups in total. The van der Waals surface area contributed by atoms with Crippen molar-refractivity contribution >= 4 is 0 Å². The average Bonchev–Trinajstić information content (AvgIpc) is 2.39. The van der Waals surface area contributed by atoms with Crippen LogP contribution in [0.25, 0.3) is 0 Å². The van der Waals surface area contributed by atoms with E-state index in [0.29, 0.717) is 17.4 Å². The van der Waals surface area contributed by atoms with Gasteiger partial charge >= 0.3 is 0 Å². The van der Waals surface area contributed by atoms with Gasteiger partial charge in [-0.3, -0.25) is 0 Å². The van der Waals surface area contributed by atoms with Crippen molar-refractivity contribution in [1.82, 2.24) is 5.32 Å². The Labute approximate surface area is 107 Å². The molecule has 4 heteroatoms. The molecule has 0 aliphatic carbocycles. The third-order valence-electron chi connectivity index (χ3n) is 3.37. The van der Waals surface area contributed by atoms with Gasteiger partial charge in [-0.05, 0) is 31.9 Å². The molecule has 3 nitrogen and oxygen atoms in total. The van der Waals surface area contributed by atoms with Crippen LogP contribution in [0.3, 0.4) is 0 Å². The predicted molar refractivity (Wildman–Crippen MR) is 68.3 cm³/mol. The minimum Gasteiger partial charge on any atom is -0.496 e. The highest BCUT2D eigenvalue weighted by atomic mass is 19.1. The highest BCUT2D eigenvalue weighted by Gasteiger charge is 2.21. The number of benzene rings is 1. The third-order valence-corrected chi connectivity index (χ3v) is 3.37. The number of hydrogen-bond donors (Lipinski definition) is 1. The van der Waals surface area contributed by atoms with E-state index in [-0.39, 0.29) is 11.9 Å². The molecule has 1 aromatic carbocycles. The van der Waals surface area contributed by atoms with Crippen LogP contribution in [-0.4, -0.2) is 26.4 Å². The molecule has 0 aromatic heterocycles. The van der Waals surface area contributed by atoms with Crippen LogP contribution in [0.4, 0.5) is 4.39 Å². The van der Waals surface area contributed by atoms with Crippen molar-refractivity contribution in [2.45, 2.75) is 31.8 Å². The number of methoxy groups -OCH3 is 1. The van der Waals surface area contributed by atoms with Crippen molar-refractivity contribution in [2.24, 2.45) is 0 Å². The lowest BCUT2D eigenvalue weighted by molar-refractivity contribution is 0.0752. The van der Waals surface area contributed by atoms with Crippen molar-refractivity contribution in [3.05, 3.63) is 29.6 Å². The Bertz CT molecular complexity index is 391. The lowest BCUT2D eigenvalue weighted by atomic mass is 10.0. The molecule has 100 valence electrons. The van der Waals surface area contributed by atoms with Gasteiger partial charge in [-0.25, -0.2) is 4.39 Å². The first-order valence-electron chi connectivity index (χ1n) is 6.38. The van der Waals surface area contributed by atoms with Crippen LogP contribution in [0, 0.1) is 5.82 Å². The van der Waals surface area contributed by atoms with Gasteiger partial charge in [0, 0.05) is 30.9 Å². The predicted octanol–water partition coefficient (Wildman–Crippen LogP) is 2.66. The first kappa shape index (κ1) is 13.3. The van der Waals surface area contributed by atoms with Gasteiger partial charge < -0.3 is 14.8 Å². The highest BCUT2D eigenvalue weighted by molar-refractivity contribution is 5.36. The number of rotatable bonds is 4. The average molecular weight is 253 g/mol. The summed E-state index contributed by atoms with van der Waals surface area (Å²) in [5, 5.41) is 3.45. The molecule has 1 aliphatic rings. The molecule has 1 heterocycles. The maximum atomic E-state index is 13.9. The van der Waals surface area contributed by atoms with Crippen LogP contribution >= 0.6 is 0 Å². The summed E-state index contributed by atoms with van der Waals surface area (Å²) in [7, 11) is 1.57.